The molecule has 0 radical (unpaired) electrons. The lowest BCUT2D eigenvalue weighted by Gasteiger charge is -2.35. The van der Waals surface area contributed by atoms with E-state index in [1.54, 1.807) is 13.1 Å². The molecule has 5 heteroatoms. The lowest BCUT2D eigenvalue weighted by molar-refractivity contribution is -0.0102. The van der Waals surface area contributed by atoms with Crippen molar-refractivity contribution in [1.29, 1.82) is 0 Å². The summed E-state index contributed by atoms with van der Waals surface area (Å²) in [5, 5.41) is 22.7. The summed E-state index contributed by atoms with van der Waals surface area (Å²) in [6.45, 7) is 4.97. The molecular formula is C14H22N2O3. The van der Waals surface area contributed by atoms with Gasteiger partial charge in [0.05, 0.1) is 18.4 Å². The molecule has 0 bridgehead atoms. The number of nitrogens with zero attached hydrogens (tertiary/aromatic N) is 1. The maximum atomic E-state index is 10.0. The number of ether oxygens (including phenoxy) is 1. The highest BCUT2D eigenvalue weighted by Gasteiger charge is 2.29. The predicted molar refractivity (Wildman–Crippen MR) is 71.8 cm³/mol. The van der Waals surface area contributed by atoms with Gasteiger partial charge in [-0.25, -0.2) is 0 Å². The van der Waals surface area contributed by atoms with Crippen molar-refractivity contribution in [2.75, 3.05) is 6.61 Å². The molecule has 1 aliphatic carbocycles. The molecule has 0 unspecified atom stereocenters. The molecule has 0 aliphatic heterocycles. The lowest BCUT2D eigenvalue weighted by Crippen LogP contribution is -2.45. The van der Waals surface area contributed by atoms with Crippen molar-refractivity contribution in [2.24, 2.45) is 0 Å². The summed E-state index contributed by atoms with van der Waals surface area (Å²) in [4.78, 5) is 4.05. The number of nitrogens with one attached hydrogen (secondary N) is 1. The second kappa shape index (κ2) is 6.32. The van der Waals surface area contributed by atoms with Crippen LogP contribution in [0.5, 0.6) is 5.75 Å². The molecule has 1 aromatic rings. The Balaban J connectivity index is 1.91. The summed E-state index contributed by atoms with van der Waals surface area (Å²) in [5.74, 6) is 0.180. The SMILES string of the molecule is CCOC1CC(NCc2c(CO)cnc(C)c2O)C1. The van der Waals surface area contributed by atoms with E-state index in [0.717, 1.165) is 25.0 Å². The Morgan fingerprint density at radius 2 is 2.21 bits per heavy atom. The summed E-state index contributed by atoms with van der Waals surface area (Å²) < 4.78 is 5.51. The lowest BCUT2D eigenvalue weighted by atomic mass is 9.89. The third kappa shape index (κ3) is 3.23. The fraction of sp³-hybridized carbons (Fsp3) is 0.643. The van der Waals surface area contributed by atoms with Crippen LogP contribution in [-0.2, 0) is 17.9 Å². The molecule has 1 fully saturated rings. The van der Waals surface area contributed by atoms with Gasteiger partial charge in [0.15, 0.2) is 0 Å². The van der Waals surface area contributed by atoms with Crippen LogP contribution >= 0.6 is 0 Å². The summed E-state index contributed by atoms with van der Waals surface area (Å²) in [6, 6.07) is 0.427. The van der Waals surface area contributed by atoms with E-state index < -0.39 is 0 Å². The van der Waals surface area contributed by atoms with Gasteiger partial charge in [0.2, 0.25) is 0 Å². The van der Waals surface area contributed by atoms with Gasteiger partial charge in [0, 0.05) is 36.5 Å². The van der Waals surface area contributed by atoms with Gasteiger partial charge in [0.25, 0.3) is 0 Å². The van der Waals surface area contributed by atoms with Gasteiger partial charge in [-0.05, 0) is 26.7 Å². The molecule has 1 heterocycles. The zero-order valence-electron chi connectivity index (χ0n) is 11.5. The second-order valence-electron chi connectivity index (χ2n) is 4.98. The number of aliphatic hydroxyl groups excluding tert-OH is 1. The first-order valence-corrected chi connectivity index (χ1v) is 6.77. The van der Waals surface area contributed by atoms with Crippen molar-refractivity contribution in [1.82, 2.24) is 10.3 Å². The average molecular weight is 266 g/mol. The first kappa shape index (κ1) is 14.2. The second-order valence-corrected chi connectivity index (χ2v) is 4.98. The van der Waals surface area contributed by atoms with E-state index in [1.807, 2.05) is 6.92 Å². The average Bonchev–Trinajstić information content (AvgIpc) is 2.36. The standard InChI is InChI=1S/C14H22N2O3/c1-3-19-12-4-11(5-12)16-7-13-10(8-17)6-15-9(2)14(13)18/h6,11-12,16-18H,3-5,7-8H2,1-2H3. The summed E-state index contributed by atoms with van der Waals surface area (Å²) in [6.07, 6.45) is 4.00. The Hall–Kier alpha value is -1.17. The highest BCUT2D eigenvalue weighted by molar-refractivity contribution is 5.40. The molecule has 2 rings (SSSR count). The predicted octanol–water partition coefficient (Wildman–Crippen LogP) is 1.25. The van der Waals surface area contributed by atoms with Crippen LogP contribution in [0.3, 0.4) is 0 Å². The topological polar surface area (TPSA) is 74.6 Å². The molecule has 0 atom stereocenters. The third-order valence-electron chi connectivity index (χ3n) is 3.67. The van der Waals surface area contributed by atoms with Crippen LogP contribution in [0, 0.1) is 6.92 Å². The van der Waals surface area contributed by atoms with Gasteiger partial charge >= 0.3 is 0 Å². The van der Waals surface area contributed by atoms with Gasteiger partial charge in [-0.1, -0.05) is 0 Å². The van der Waals surface area contributed by atoms with E-state index in [4.69, 9.17) is 4.74 Å². The number of aliphatic hydroxyl groups is 1. The maximum Gasteiger partial charge on any atom is 0.141 e. The minimum absolute atomic E-state index is 0.107. The number of aromatic nitrogens is 1. The molecule has 3 N–H and O–H groups in total. The van der Waals surface area contributed by atoms with Crippen LogP contribution < -0.4 is 5.32 Å². The zero-order valence-corrected chi connectivity index (χ0v) is 11.5. The molecule has 0 amide bonds. The third-order valence-corrected chi connectivity index (χ3v) is 3.67. The van der Waals surface area contributed by atoms with Gasteiger partial charge in [0.1, 0.15) is 5.75 Å². The van der Waals surface area contributed by atoms with E-state index in [-0.39, 0.29) is 12.4 Å². The van der Waals surface area contributed by atoms with Crippen LogP contribution in [0.25, 0.3) is 0 Å². The molecule has 0 spiro atoms. The molecule has 1 aliphatic rings. The van der Waals surface area contributed by atoms with Crippen molar-refractivity contribution >= 4 is 0 Å². The fourth-order valence-electron chi connectivity index (χ4n) is 2.37. The van der Waals surface area contributed by atoms with E-state index in [1.165, 1.54) is 0 Å². The van der Waals surface area contributed by atoms with Crippen molar-refractivity contribution in [3.63, 3.8) is 0 Å². The largest absolute Gasteiger partial charge is 0.506 e. The number of aryl methyl sites for hydroxylation is 1. The minimum Gasteiger partial charge on any atom is -0.506 e. The molecular weight excluding hydrogens is 244 g/mol. The van der Waals surface area contributed by atoms with Gasteiger partial charge in [-0.3, -0.25) is 4.98 Å². The van der Waals surface area contributed by atoms with E-state index >= 15 is 0 Å². The Labute approximate surface area is 113 Å². The first-order valence-electron chi connectivity index (χ1n) is 6.77. The van der Waals surface area contributed by atoms with Crippen LogP contribution in [0.1, 0.15) is 36.6 Å². The van der Waals surface area contributed by atoms with Crippen LogP contribution in [0.4, 0.5) is 0 Å². The molecule has 5 nitrogen and oxygen atoms in total. The number of hydrogen-bond acceptors (Lipinski definition) is 5. The molecule has 106 valence electrons. The highest BCUT2D eigenvalue weighted by Crippen LogP contribution is 2.27. The van der Waals surface area contributed by atoms with Gasteiger partial charge in [-0.15, -0.1) is 0 Å². The Morgan fingerprint density at radius 3 is 2.84 bits per heavy atom. The molecule has 0 saturated heterocycles. The Bertz CT molecular complexity index is 431. The van der Waals surface area contributed by atoms with Crippen molar-refractivity contribution in [3.8, 4) is 5.75 Å². The summed E-state index contributed by atoms with van der Waals surface area (Å²) >= 11 is 0. The molecule has 19 heavy (non-hydrogen) atoms. The zero-order chi connectivity index (χ0) is 13.8. The van der Waals surface area contributed by atoms with Crippen LogP contribution in [-0.4, -0.2) is 33.9 Å². The molecule has 1 saturated carbocycles. The fourth-order valence-corrected chi connectivity index (χ4v) is 2.37. The van der Waals surface area contributed by atoms with Gasteiger partial charge in [-0.2, -0.15) is 0 Å². The number of pyridine rings is 1. The van der Waals surface area contributed by atoms with Crippen LogP contribution in [0.2, 0.25) is 0 Å². The Morgan fingerprint density at radius 1 is 1.47 bits per heavy atom. The maximum absolute atomic E-state index is 10.0. The Kier molecular flexibility index (Phi) is 4.74. The number of hydrogen-bond donors (Lipinski definition) is 3. The number of aromatic hydroxyl groups is 1. The monoisotopic (exact) mass is 266 g/mol. The minimum atomic E-state index is -0.107. The smallest absolute Gasteiger partial charge is 0.141 e. The van der Waals surface area contributed by atoms with Crippen molar-refractivity contribution < 1.29 is 14.9 Å². The van der Waals surface area contributed by atoms with E-state index in [2.05, 4.69) is 10.3 Å². The normalized spacial score (nSPS) is 22.3. The van der Waals surface area contributed by atoms with Crippen molar-refractivity contribution in [2.45, 2.75) is 52.0 Å². The summed E-state index contributed by atoms with van der Waals surface area (Å²) in [7, 11) is 0. The molecule has 0 aromatic carbocycles. The first-order chi connectivity index (χ1) is 9.15. The highest BCUT2D eigenvalue weighted by atomic mass is 16.5. The van der Waals surface area contributed by atoms with Crippen molar-refractivity contribution in [3.05, 3.63) is 23.0 Å². The quantitative estimate of drug-likeness (QED) is 0.722. The van der Waals surface area contributed by atoms with Gasteiger partial charge < -0.3 is 20.3 Å². The van der Waals surface area contributed by atoms with Crippen LogP contribution in [0.15, 0.2) is 6.20 Å². The van der Waals surface area contributed by atoms with E-state index in [0.29, 0.717) is 29.9 Å². The summed E-state index contributed by atoms with van der Waals surface area (Å²) in [5.41, 5.74) is 2.01. The molecule has 1 aromatic heterocycles. The van der Waals surface area contributed by atoms with E-state index in [9.17, 15) is 10.2 Å². The number of rotatable bonds is 6.